The van der Waals surface area contributed by atoms with Gasteiger partial charge in [0.25, 0.3) is 0 Å². The van der Waals surface area contributed by atoms with Crippen molar-refractivity contribution in [3.8, 4) is 11.5 Å². The molecule has 0 aliphatic carbocycles. The third-order valence-electron chi connectivity index (χ3n) is 5.88. The van der Waals surface area contributed by atoms with Gasteiger partial charge in [0.05, 0.1) is 7.11 Å². The van der Waals surface area contributed by atoms with E-state index < -0.39 is 15.9 Å². The molecule has 0 aliphatic rings. The number of benzene rings is 3. The maximum atomic E-state index is 13.2. The van der Waals surface area contributed by atoms with E-state index in [0.717, 1.165) is 37.1 Å². The van der Waals surface area contributed by atoms with Gasteiger partial charge in [0.1, 0.15) is 10.7 Å². The minimum absolute atomic E-state index is 0.0287. The third kappa shape index (κ3) is 6.75. The van der Waals surface area contributed by atoms with Crippen molar-refractivity contribution in [1.82, 2.24) is 4.90 Å². The molecule has 0 aromatic heterocycles. The van der Waals surface area contributed by atoms with E-state index in [1.807, 2.05) is 38.1 Å². The van der Waals surface area contributed by atoms with Crippen molar-refractivity contribution in [3.63, 3.8) is 0 Å². The zero-order valence-electron chi connectivity index (χ0n) is 20.8. The number of nitrogens with one attached hydrogen (secondary N) is 1. The summed E-state index contributed by atoms with van der Waals surface area (Å²) in [6.45, 7) is 6.21. The van der Waals surface area contributed by atoms with Crippen molar-refractivity contribution in [3.05, 3.63) is 83.7 Å². The summed E-state index contributed by atoms with van der Waals surface area (Å²) in [7, 11) is -2.83. The normalized spacial score (nSPS) is 12.0. The number of hydrogen-bond donors (Lipinski definition) is 1. The van der Waals surface area contributed by atoms with Crippen molar-refractivity contribution >= 4 is 21.8 Å². The highest BCUT2D eigenvalue weighted by atomic mass is 32.2. The molecule has 3 aromatic rings. The summed E-state index contributed by atoms with van der Waals surface area (Å²) in [5, 5.41) is 2.93. The van der Waals surface area contributed by atoms with Crippen LogP contribution in [0, 0.1) is 5.82 Å². The second kappa shape index (κ2) is 11.9. The van der Waals surface area contributed by atoms with E-state index in [-0.39, 0.29) is 35.0 Å². The van der Waals surface area contributed by atoms with Crippen molar-refractivity contribution < 1.29 is 26.5 Å². The quantitative estimate of drug-likeness (QED) is 0.336. The molecule has 192 valence electrons. The van der Waals surface area contributed by atoms with E-state index in [1.165, 1.54) is 18.7 Å². The molecule has 1 N–H and O–H groups in total. The first-order valence-corrected chi connectivity index (χ1v) is 13.1. The Morgan fingerprint density at radius 2 is 1.61 bits per heavy atom. The van der Waals surface area contributed by atoms with E-state index >= 15 is 0 Å². The van der Waals surface area contributed by atoms with Gasteiger partial charge in [-0.1, -0.05) is 32.0 Å². The summed E-state index contributed by atoms with van der Waals surface area (Å²) in [4.78, 5) is 14.6. The lowest BCUT2D eigenvalue weighted by molar-refractivity contribution is 0.187. The van der Waals surface area contributed by atoms with E-state index in [2.05, 4.69) is 12.2 Å². The first-order chi connectivity index (χ1) is 17.2. The fourth-order valence-electron chi connectivity index (χ4n) is 3.52. The number of halogens is 1. The SMILES string of the molecule is CCc1ccc(NC(=O)N(Cc2ccc(OC)c(OS(=O)(=O)c3ccc(F)cc3)c2)C(C)CC)cc1. The molecule has 0 heterocycles. The number of carbonyl (C=O) groups excluding carboxylic acids is 1. The summed E-state index contributed by atoms with van der Waals surface area (Å²) >= 11 is 0. The molecule has 0 bridgehead atoms. The molecule has 0 radical (unpaired) electrons. The Morgan fingerprint density at radius 1 is 0.972 bits per heavy atom. The van der Waals surface area contributed by atoms with Crippen LogP contribution in [0.1, 0.15) is 38.3 Å². The van der Waals surface area contributed by atoms with Gasteiger partial charge in [-0.25, -0.2) is 9.18 Å². The second-order valence-corrected chi connectivity index (χ2v) is 9.89. The fourth-order valence-corrected chi connectivity index (χ4v) is 4.45. The summed E-state index contributed by atoms with van der Waals surface area (Å²) in [5.41, 5.74) is 2.51. The first kappa shape index (κ1) is 27.0. The highest BCUT2D eigenvalue weighted by molar-refractivity contribution is 7.87. The molecule has 0 fully saturated rings. The maximum Gasteiger partial charge on any atom is 0.339 e. The number of hydrogen-bond acceptors (Lipinski definition) is 5. The Kier molecular flexibility index (Phi) is 8.93. The van der Waals surface area contributed by atoms with Gasteiger partial charge >= 0.3 is 16.1 Å². The molecule has 0 saturated heterocycles. The highest BCUT2D eigenvalue weighted by Crippen LogP contribution is 2.32. The molecule has 7 nitrogen and oxygen atoms in total. The first-order valence-electron chi connectivity index (χ1n) is 11.7. The summed E-state index contributed by atoms with van der Waals surface area (Å²) in [6, 6.07) is 16.5. The number of rotatable bonds is 10. The molecule has 0 saturated carbocycles. The number of carbonyl (C=O) groups is 1. The number of anilines is 1. The van der Waals surface area contributed by atoms with Crippen molar-refractivity contribution in [2.24, 2.45) is 0 Å². The van der Waals surface area contributed by atoms with Gasteiger partial charge < -0.3 is 19.1 Å². The number of ether oxygens (including phenoxy) is 1. The molecule has 3 aromatic carbocycles. The predicted molar refractivity (Wildman–Crippen MR) is 137 cm³/mol. The minimum atomic E-state index is -4.23. The largest absolute Gasteiger partial charge is 0.493 e. The fraction of sp³-hybridized carbons (Fsp3) is 0.296. The molecule has 36 heavy (non-hydrogen) atoms. The highest BCUT2D eigenvalue weighted by Gasteiger charge is 2.23. The van der Waals surface area contributed by atoms with Crippen LogP contribution in [0.5, 0.6) is 11.5 Å². The third-order valence-corrected chi connectivity index (χ3v) is 7.13. The number of aryl methyl sites for hydroxylation is 1. The van der Waals surface area contributed by atoms with Gasteiger partial charge in [0.2, 0.25) is 0 Å². The second-order valence-electron chi connectivity index (χ2n) is 8.34. The number of methoxy groups -OCH3 is 1. The van der Waals surface area contributed by atoms with Crippen LogP contribution in [0.25, 0.3) is 0 Å². The summed E-state index contributed by atoms with van der Waals surface area (Å²) in [6.07, 6.45) is 1.63. The van der Waals surface area contributed by atoms with Crippen LogP contribution in [-0.2, 0) is 23.1 Å². The van der Waals surface area contributed by atoms with Crippen LogP contribution in [0.2, 0.25) is 0 Å². The topological polar surface area (TPSA) is 84.9 Å². The van der Waals surface area contributed by atoms with E-state index in [0.29, 0.717) is 11.3 Å². The van der Waals surface area contributed by atoms with Gasteiger partial charge in [-0.15, -0.1) is 0 Å². The van der Waals surface area contributed by atoms with Crippen molar-refractivity contribution in [1.29, 1.82) is 0 Å². The van der Waals surface area contributed by atoms with E-state index in [1.54, 1.807) is 17.0 Å². The number of nitrogens with zero attached hydrogens (tertiary/aromatic N) is 1. The maximum absolute atomic E-state index is 13.2. The van der Waals surface area contributed by atoms with Crippen LogP contribution >= 0.6 is 0 Å². The molecular weight excluding hydrogens is 483 g/mol. The Hall–Kier alpha value is -3.59. The standard InChI is InChI=1S/C27H31FN2O5S/c1-5-19(3)30(27(31)29-23-12-7-20(6-2)8-13-23)18-21-9-16-25(34-4)26(17-21)35-36(32,33)24-14-10-22(28)11-15-24/h7-17,19H,5-6,18H2,1-4H3,(H,29,31). The van der Waals surface area contributed by atoms with Crippen LogP contribution in [0.3, 0.4) is 0 Å². The number of amides is 2. The van der Waals surface area contributed by atoms with E-state index in [9.17, 15) is 17.6 Å². The van der Waals surface area contributed by atoms with Gasteiger partial charge in [-0.05, 0) is 79.4 Å². The Morgan fingerprint density at radius 3 is 2.19 bits per heavy atom. The van der Waals surface area contributed by atoms with Crippen LogP contribution in [0.4, 0.5) is 14.9 Å². The molecule has 9 heteroatoms. The van der Waals surface area contributed by atoms with Gasteiger partial charge in [0.15, 0.2) is 11.5 Å². The molecule has 3 rings (SSSR count). The average Bonchev–Trinajstić information content (AvgIpc) is 2.87. The lowest BCUT2D eigenvalue weighted by Crippen LogP contribution is -2.40. The lowest BCUT2D eigenvalue weighted by atomic mass is 10.1. The molecule has 0 spiro atoms. The number of urea groups is 1. The zero-order valence-corrected chi connectivity index (χ0v) is 21.6. The molecule has 0 aliphatic heterocycles. The smallest absolute Gasteiger partial charge is 0.339 e. The predicted octanol–water partition coefficient (Wildman–Crippen LogP) is 6.00. The molecule has 2 amide bonds. The summed E-state index contributed by atoms with van der Waals surface area (Å²) < 4.78 is 49.4. The van der Waals surface area contributed by atoms with Crippen molar-refractivity contribution in [2.45, 2.75) is 51.1 Å². The molecule has 1 atom stereocenters. The Balaban J connectivity index is 1.84. The zero-order chi connectivity index (χ0) is 26.3. The lowest BCUT2D eigenvalue weighted by Gasteiger charge is -2.29. The van der Waals surface area contributed by atoms with Gasteiger partial charge in [-0.3, -0.25) is 0 Å². The van der Waals surface area contributed by atoms with Gasteiger partial charge in [-0.2, -0.15) is 8.42 Å². The molecule has 1 unspecified atom stereocenters. The monoisotopic (exact) mass is 514 g/mol. The van der Waals surface area contributed by atoms with Crippen LogP contribution < -0.4 is 14.2 Å². The van der Waals surface area contributed by atoms with Crippen LogP contribution in [-0.4, -0.2) is 32.5 Å². The van der Waals surface area contributed by atoms with Gasteiger partial charge in [0, 0.05) is 18.3 Å². The van der Waals surface area contributed by atoms with Crippen molar-refractivity contribution in [2.75, 3.05) is 12.4 Å². The van der Waals surface area contributed by atoms with E-state index in [4.69, 9.17) is 8.92 Å². The minimum Gasteiger partial charge on any atom is -0.493 e. The Bertz CT molecular complexity index is 1280. The average molecular weight is 515 g/mol. The molecular formula is C27H31FN2O5S. The Labute approximate surface area is 212 Å². The van der Waals surface area contributed by atoms with Crippen LogP contribution in [0.15, 0.2) is 71.6 Å². The summed E-state index contributed by atoms with van der Waals surface area (Å²) in [5.74, 6) is -0.378.